The molecule has 1 heterocycles. The summed E-state index contributed by atoms with van der Waals surface area (Å²) in [6.07, 6.45) is 5.16. The third-order valence-electron chi connectivity index (χ3n) is 4.15. The van der Waals surface area contributed by atoms with E-state index in [2.05, 4.69) is 34.4 Å². The van der Waals surface area contributed by atoms with E-state index < -0.39 is 0 Å². The number of rotatable bonds is 11. The van der Waals surface area contributed by atoms with Crippen LogP contribution in [-0.2, 0) is 4.74 Å². The van der Waals surface area contributed by atoms with E-state index >= 15 is 0 Å². The molecule has 0 bridgehead atoms. The molecule has 6 nitrogen and oxygen atoms in total. The highest BCUT2D eigenvalue weighted by molar-refractivity contribution is 14.0. The van der Waals surface area contributed by atoms with Crippen LogP contribution in [0, 0.1) is 0 Å². The van der Waals surface area contributed by atoms with Crippen LogP contribution in [0.5, 0.6) is 0 Å². The maximum atomic E-state index is 5.09. The average Bonchev–Trinajstić information content (AvgIpc) is 2.56. The van der Waals surface area contributed by atoms with E-state index in [0.29, 0.717) is 0 Å². The lowest BCUT2D eigenvalue weighted by Gasteiger charge is -2.25. The molecule has 1 aliphatic heterocycles. The topological polar surface area (TPSA) is 52.1 Å². The van der Waals surface area contributed by atoms with Crippen molar-refractivity contribution < 1.29 is 4.74 Å². The third kappa shape index (κ3) is 12.3. The van der Waals surface area contributed by atoms with Crippen molar-refractivity contribution >= 4 is 29.9 Å². The van der Waals surface area contributed by atoms with Crippen molar-refractivity contribution in [2.24, 2.45) is 4.99 Å². The highest BCUT2D eigenvalue weighted by Crippen LogP contribution is 2.07. The molecule has 0 unspecified atom stereocenters. The molecule has 0 saturated carbocycles. The first-order valence-electron chi connectivity index (χ1n) is 9.18. The van der Waals surface area contributed by atoms with Gasteiger partial charge in [-0.2, -0.15) is 0 Å². The van der Waals surface area contributed by atoms with E-state index in [0.717, 1.165) is 58.3 Å². The summed E-state index contributed by atoms with van der Waals surface area (Å²) in [5.41, 5.74) is 0. The van der Waals surface area contributed by atoms with E-state index in [1.807, 2.05) is 0 Å². The van der Waals surface area contributed by atoms with E-state index in [-0.39, 0.29) is 24.0 Å². The van der Waals surface area contributed by atoms with Gasteiger partial charge < -0.3 is 25.2 Å². The summed E-state index contributed by atoms with van der Waals surface area (Å²) in [4.78, 5) is 9.54. The fourth-order valence-corrected chi connectivity index (χ4v) is 2.78. The Kier molecular flexibility index (Phi) is 16.3. The minimum atomic E-state index is 0. The highest BCUT2D eigenvalue weighted by Gasteiger charge is 2.09. The number of halogens is 1. The number of likely N-dealkylation sites (N-methyl/N-ethyl adjacent to an activating group) is 1. The van der Waals surface area contributed by atoms with Gasteiger partial charge in [-0.15, -0.1) is 24.0 Å². The molecule has 1 rings (SSSR count). The summed E-state index contributed by atoms with van der Waals surface area (Å²) >= 11 is 0. The molecule has 144 valence electrons. The Balaban J connectivity index is 0.00000529. The first kappa shape index (κ1) is 23.9. The van der Waals surface area contributed by atoms with Gasteiger partial charge in [0.15, 0.2) is 5.96 Å². The number of piperidine rings is 1. The molecule has 0 atom stereocenters. The zero-order valence-electron chi connectivity index (χ0n) is 15.9. The minimum absolute atomic E-state index is 0. The summed E-state index contributed by atoms with van der Waals surface area (Å²) < 4.78 is 5.09. The van der Waals surface area contributed by atoms with E-state index in [1.54, 1.807) is 7.11 Å². The van der Waals surface area contributed by atoms with Gasteiger partial charge in [-0.1, -0.05) is 6.42 Å². The molecular weight excluding hydrogens is 417 g/mol. The molecule has 0 aromatic rings. The van der Waals surface area contributed by atoms with Gasteiger partial charge in [0.25, 0.3) is 0 Å². The SMILES string of the molecule is CCNC(=NCCN1CCCCC1)NCCN(C)CCCOC.I. The quantitative estimate of drug-likeness (QED) is 0.215. The van der Waals surface area contributed by atoms with Gasteiger partial charge in [-0.3, -0.25) is 4.99 Å². The summed E-state index contributed by atoms with van der Waals surface area (Å²) in [6.45, 7) is 11.3. The third-order valence-corrected chi connectivity index (χ3v) is 4.15. The van der Waals surface area contributed by atoms with Crippen molar-refractivity contribution in [1.82, 2.24) is 20.4 Å². The predicted molar refractivity (Wildman–Crippen MR) is 114 cm³/mol. The Bertz CT molecular complexity index is 311. The fraction of sp³-hybridized carbons (Fsp3) is 0.941. The van der Waals surface area contributed by atoms with E-state index in [9.17, 15) is 0 Å². The van der Waals surface area contributed by atoms with E-state index in [1.165, 1.54) is 32.4 Å². The monoisotopic (exact) mass is 455 g/mol. The second-order valence-electron chi connectivity index (χ2n) is 6.24. The first-order valence-corrected chi connectivity index (χ1v) is 9.18. The molecule has 1 fully saturated rings. The van der Waals surface area contributed by atoms with Gasteiger partial charge in [0.1, 0.15) is 0 Å². The van der Waals surface area contributed by atoms with Crippen LogP contribution in [0.2, 0.25) is 0 Å². The Morgan fingerprint density at radius 2 is 1.92 bits per heavy atom. The predicted octanol–water partition coefficient (Wildman–Crippen LogP) is 1.61. The van der Waals surface area contributed by atoms with Crippen LogP contribution in [0.25, 0.3) is 0 Å². The number of hydrogen-bond donors (Lipinski definition) is 2. The molecule has 1 aliphatic rings. The Morgan fingerprint density at radius 1 is 1.17 bits per heavy atom. The smallest absolute Gasteiger partial charge is 0.191 e. The summed E-state index contributed by atoms with van der Waals surface area (Å²) in [5.74, 6) is 0.940. The molecule has 0 aromatic heterocycles. The van der Waals surface area contributed by atoms with Gasteiger partial charge in [-0.25, -0.2) is 0 Å². The van der Waals surface area contributed by atoms with Gasteiger partial charge >= 0.3 is 0 Å². The summed E-state index contributed by atoms with van der Waals surface area (Å²) in [7, 11) is 3.91. The Labute approximate surface area is 165 Å². The molecule has 0 spiro atoms. The largest absolute Gasteiger partial charge is 0.385 e. The van der Waals surface area contributed by atoms with Crippen molar-refractivity contribution in [1.29, 1.82) is 0 Å². The second-order valence-corrected chi connectivity index (χ2v) is 6.24. The Morgan fingerprint density at radius 3 is 2.58 bits per heavy atom. The highest BCUT2D eigenvalue weighted by atomic mass is 127. The molecule has 0 aliphatic carbocycles. The number of hydrogen-bond acceptors (Lipinski definition) is 4. The van der Waals surface area contributed by atoms with Crippen molar-refractivity contribution in [3.8, 4) is 0 Å². The lowest BCUT2D eigenvalue weighted by atomic mass is 10.1. The zero-order valence-corrected chi connectivity index (χ0v) is 18.2. The van der Waals surface area contributed by atoms with Crippen LogP contribution in [0.15, 0.2) is 4.99 Å². The van der Waals surface area contributed by atoms with Crippen LogP contribution in [-0.4, -0.2) is 88.9 Å². The number of ether oxygens (including phenoxy) is 1. The molecule has 0 radical (unpaired) electrons. The minimum Gasteiger partial charge on any atom is -0.385 e. The van der Waals surface area contributed by atoms with Gasteiger partial charge in [0, 0.05) is 46.4 Å². The standard InChI is InChI=1S/C17H37N5O.HI/c1-4-18-17(19-9-14-21(2)11-8-16-23-3)20-10-15-22-12-6-5-7-13-22;/h4-16H2,1-3H3,(H2,18,19,20);1H. The number of aliphatic imine (C=N–C) groups is 1. The fourth-order valence-electron chi connectivity index (χ4n) is 2.78. The number of nitrogens with one attached hydrogen (secondary N) is 2. The maximum Gasteiger partial charge on any atom is 0.191 e. The molecule has 1 saturated heterocycles. The van der Waals surface area contributed by atoms with Crippen LogP contribution >= 0.6 is 24.0 Å². The van der Waals surface area contributed by atoms with Crippen molar-refractivity contribution in [3.63, 3.8) is 0 Å². The van der Waals surface area contributed by atoms with Crippen molar-refractivity contribution in [3.05, 3.63) is 0 Å². The van der Waals surface area contributed by atoms with Crippen LogP contribution in [0.1, 0.15) is 32.6 Å². The average molecular weight is 455 g/mol. The van der Waals surface area contributed by atoms with Crippen LogP contribution in [0.4, 0.5) is 0 Å². The molecule has 0 aromatic carbocycles. The molecule has 7 heteroatoms. The number of nitrogens with zero attached hydrogens (tertiary/aromatic N) is 3. The molecular formula is C17H38IN5O. The molecule has 2 N–H and O–H groups in total. The normalized spacial score (nSPS) is 16.1. The second kappa shape index (κ2) is 16.4. The molecule has 0 amide bonds. The zero-order chi connectivity index (χ0) is 16.8. The van der Waals surface area contributed by atoms with Gasteiger partial charge in [0.2, 0.25) is 0 Å². The van der Waals surface area contributed by atoms with Crippen LogP contribution in [0.3, 0.4) is 0 Å². The van der Waals surface area contributed by atoms with Crippen molar-refractivity contribution in [2.45, 2.75) is 32.6 Å². The Hall–Kier alpha value is -0.120. The number of methoxy groups -OCH3 is 1. The number of guanidine groups is 1. The maximum absolute atomic E-state index is 5.09. The lowest BCUT2D eigenvalue weighted by Crippen LogP contribution is -2.41. The van der Waals surface area contributed by atoms with Gasteiger partial charge in [0.05, 0.1) is 6.54 Å². The van der Waals surface area contributed by atoms with Gasteiger partial charge in [-0.05, 0) is 46.3 Å². The lowest BCUT2D eigenvalue weighted by molar-refractivity contribution is 0.180. The van der Waals surface area contributed by atoms with Crippen LogP contribution < -0.4 is 10.6 Å². The van der Waals surface area contributed by atoms with Crippen molar-refractivity contribution in [2.75, 3.05) is 73.1 Å². The van der Waals surface area contributed by atoms with E-state index in [4.69, 9.17) is 9.73 Å². The molecule has 24 heavy (non-hydrogen) atoms. The number of likely N-dealkylation sites (tertiary alicyclic amines) is 1. The first-order chi connectivity index (χ1) is 11.3. The summed E-state index contributed by atoms with van der Waals surface area (Å²) in [6, 6.07) is 0. The summed E-state index contributed by atoms with van der Waals surface area (Å²) in [5, 5.41) is 6.76.